The van der Waals surface area contributed by atoms with E-state index in [1.54, 1.807) is 9.13 Å². The van der Waals surface area contributed by atoms with Gasteiger partial charge in [-0.1, -0.05) is 14.9 Å². The second-order valence-electron chi connectivity index (χ2n) is 20.1. The molecule has 0 saturated carbocycles. The fraction of sp³-hybridized carbons (Fsp3) is 0.478. The largest absolute Gasteiger partial charge is 0.386 e. The van der Waals surface area contributed by atoms with Crippen molar-refractivity contribution >= 4 is 115 Å². The number of aliphatic hydroxyl groups is 4. The van der Waals surface area contributed by atoms with E-state index in [1.165, 1.54) is 59.8 Å². The van der Waals surface area contributed by atoms with Crippen LogP contribution in [-0.2, 0) is 18.9 Å². The molecule has 456 valence electrons. The highest BCUT2D eigenvalue weighted by Gasteiger charge is 2.51. The molecule has 8 aromatic heterocycles. The molecule has 0 aliphatic carbocycles. The molecule has 8 aromatic rings. The number of amides is 4. The van der Waals surface area contributed by atoms with Gasteiger partial charge in [0.25, 0.3) is 0 Å². The lowest BCUT2D eigenvalue weighted by Gasteiger charge is -2.28. The number of urea groups is 2. The minimum atomic E-state index is -1.26. The number of thiocarbonyl (C=S) groups is 2. The highest BCUT2D eigenvalue weighted by atomic mass is 32.1. The number of aliphatic hydroxyl groups excluding tert-OH is 4. The number of carbonyl (C=O) groups is 2. The van der Waals surface area contributed by atoms with Gasteiger partial charge >= 0.3 is 12.1 Å². The Kier molecular flexibility index (Phi) is 16.0. The molecule has 14 heterocycles. The highest BCUT2D eigenvalue weighted by Crippen LogP contribution is 2.37. The molecule has 0 spiro atoms. The van der Waals surface area contributed by atoms with Gasteiger partial charge in [-0.15, -0.1) is 0 Å². The molecule has 14 rings (SSSR count). The van der Waals surface area contributed by atoms with Gasteiger partial charge in [-0.2, -0.15) is 0 Å². The van der Waals surface area contributed by atoms with Crippen LogP contribution in [0.1, 0.15) is 39.8 Å². The maximum Gasteiger partial charge on any atom is 0.315 e. The second kappa shape index (κ2) is 23.5. The molecule has 0 radical (unpaired) electrons. The minimum Gasteiger partial charge on any atom is -0.386 e. The van der Waals surface area contributed by atoms with Crippen molar-refractivity contribution in [3.8, 4) is 0 Å². The van der Waals surface area contributed by atoms with E-state index in [9.17, 15) is 30.0 Å². The summed E-state index contributed by atoms with van der Waals surface area (Å²) in [5.41, 5.74) is 26.6. The zero-order chi connectivity index (χ0) is 58.2. The highest BCUT2D eigenvalue weighted by molar-refractivity contribution is 7.80. The molecule has 86 heavy (non-hydrogen) atoms. The van der Waals surface area contributed by atoms with Gasteiger partial charge in [0.05, 0.1) is 49.5 Å². The van der Waals surface area contributed by atoms with E-state index >= 15 is 0 Å². The van der Waals surface area contributed by atoms with Gasteiger partial charge < -0.3 is 105 Å². The summed E-state index contributed by atoms with van der Waals surface area (Å²) in [6.45, 7) is 0.190. The molecule has 4 amide bonds. The van der Waals surface area contributed by atoms with E-state index in [0.717, 1.165) is 0 Å². The number of nitrogens with two attached hydrogens (primary N) is 4. The Morgan fingerprint density at radius 1 is 0.395 bits per heavy atom. The first-order chi connectivity index (χ1) is 40.6. The van der Waals surface area contributed by atoms with Gasteiger partial charge in [-0.3, -0.25) is 18.3 Å². The monoisotopic (exact) mass is 1230 g/mol. The Hall–Kier alpha value is -9.00. The third-order valence-electron chi connectivity index (χ3n) is 15.2. The third kappa shape index (κ3) is 10.4. The maximum absolute atomic E-state index is 13.0. The van der Waals surface area contributed by atoms with Gasteiger partial charge in [0, 0.05) is 26.2 Å². The number of carbonyl (C=O) groups excluding carboxylic acids is 2. The van der Waals surface area contributed by atoms with Gasteiger partial charge in [-0.25, -0.2) is 69.4 Å². The Morgan fingerprint density at radius 3 is 0.907 bits per heavy atom. The summed E-state index contributed by atoms with van der Waals surface area (Å²) in [5.74, 6) is 0.749. The molecule has 0 bridgehead atoms. The van der Waals surface area contributed by atoms with Crippen molar-refractivity contribution in [3.05, 3.63) is 50.6 Å². The van der Waals surface area contributed by atoms with Crippen molar-refractivity contribution in [3.63, 3.8) is 0 Å². The number of fused-ring (bicyclic) bond motifs is 8. The van der Waals surface area contributed by atoms with Gasteiger partial charge in [0.2, 0.25) is 0 Å². The normalized spacial score (nSPS) is 31.0. The Balaban J connectivity index is 0.000000175. The van der Waals surface area contributed by atoms with E-state index in [2.05, 4.69) is 102 Å². The zero-order valence-corrected chi connectivity index (χ0v) is 44.8. The predicted octanol–water partition coefficient (Wildman–Crippen LogP) is -5.01. The lowest BCUT2D eigenvalue weighted by Crippen LogP contribution is -2.59. The standard InChI is InChI=1S/C22H26N14O6.C22H26N14O4S2.2CH4/c23-15-11-17(29-3-27-15)35(5-31-11)19-13(37)9-7(41-19)1-25-21(39)34-10-8(2-26-22(40)33-9)42-20(14(10)38)36-6-32-12-16(24)28-4-30-18(12)36;23-15-11-17(29-3-27-15)35(5-31-11)19-13(37)9-7(39-19)1-25-21(41)34-10-8(2-26-22(42)33-9)40-20(14(10)38)36-6-32-12-16(24)28-4-30-18(12)36;;/h3-10,13-14,19-20,37-38H,1-2H2,(H2,23,27,29)(H2,24,28,30)(H2,25,34,39)(H2,26,33,40);3-10,13-14,19-20,37-38H,1-2H2,(H2,23,27,29)(H2,24,28,30)(H2,25,34,41)(H2,26,33,42);2*1H4/t2*7-,8-,9-,10-,13-,14-,19-,20-;;/m11../s1. The van der Waals surface area contributed by atoms with Crippen molar-refractivity contribution in [1.82, 2.24) is 121 Å². The van der Waals surface area contributed by atoms with E-state index in [-0.39, 0.29) is 74.5 Å². The van der Waals surface area contributed by atoms with E-state index in [4.69, 9.17) is 66.3 Å². The Labute approximate surface area is 495 Å². The summed E-state index contributed by atoms with van der Waals surface area (Å²) in [6, 6.07) is -4.41. The van der Waals surface area contributed by atoms with Crippen LogP contribution in [0.15, 0.2) is 50.6 Å². The number of nitrogen functional groups attached to an aromatic ring is 4. The average molecular weight is 1230 g/mol. The number of aromatic nitrogens is 16. The molecule has 0 unspecified atom stereocenters. The molecule has 6 fully saturated rings. The number of hydrogen-bond donors (Lipinski definition) is 16. The first-order valence-corrected chi connectivity index (χ1v) is 26.6. The smallest absolute Gasteiger partial charge is 0.315 e. The average Bonchev–Trinajstić information content (AvgIpc) is 1.99. The third-order valence-corrected chi connectivity index (χ3v) is 15.7. The van der Waals surface area contributed by atoms with Crippen LogP contribution in [0, 0.1) is 0 Å². The van der Waals surface area contributed by atoms with Crippen LogP contribution in [0.2, 0.25) is 0 Å². The first-order valence-electron chi connectivity index (χ1n) is 25.8. The summed E-state index contributed by atoms with van der Waals surface area (Å²) in [7, 11) is 0. The topological polar surface area (TPSA) is 527 Å². The van der Waals surface area contributed by atoms with Crippen LogP contribution in [-0.4, -0.2) is 220 Å². The fourth-order valence-electron chi connectivity index (χ4n) is 11.1. The molecular weight excluding hydrogens is 1170 g/mol. The molecule has 40 heteroatoms. The second-order valence-corrected chi connectivity index (χ2v) is 20.9. The first kappa shape index (κ1) is 58.8. The summed E-state index contributed by atoms with van der Waals surface area (Å²) >= 11 is 11.1. The van der Waals surface area contributed by atoms with Crippen molar-refractivity contribution in [2.45, 2.75) is 113 Å². The summed E-state index contributed by atoms with van der Waals surface area (Å²) in [6.07, 6.45) is -0.281. The van der Waals surface area contributed by atoms with Crippen LogP contribution in [0.4, 0.5) is 32.9 Å². The summed E-state index contributed by atoms with van der Waals surface area (Å²) in [4.78, 5) is 75.6. The number of hydrogen-bond acceptors (Lipinski definition) is 28. The van der Waals surface area contributed by atoms with Gasteiger partial charge in [0.1, 0.15) is 96.2 Å². The van der Waals surface area contributed by atoms with Crippen LogP contribution < -0.4 is 65.5 Å². The van der Waals surface area contributed by atoms with E-state index < -0.39 is 110 Å². The molecule has 0 aromatic carbocycles. The quantitative estimate of drug-likeness (QED) is 0.0734. The number of ether oxygens (including phenoxy) is 4. The Morgan fingerprint density at radius 2 is 0.640 bits per heavy atom. The Bertz CT molecular complexity index is 3370. The van der Waals surface area contributed by atoms with Gasteiger partial charge in [0.15, 0.2) is 81.0 Å². The summed E-state index contributed by atoms with van der Waals surface area (Å²) in [5, 5.41) is 69.0. The summed E-state index contributed by atoms with van der Waals surface area (Å²) < 4.78 is 30.8. The molecule has 38 nitrogen and oxygen atoms in total. The molecule has 16 atom stereocenters. The van der Waals surface area contributed by atoms with Crippen LogP contribution in [0.25, 0.3) is 44.7 Å². The number of nitrogens with one attached hydrogen (secondary N) is 8. The minimum absolute atomic E-state index is 0. The molecular formula is C46H60N28O10S2. The predicted molar refractivity (Wildman–Crippen MR) is 308 cm³/mol. The van der Waals surface area contributed by atoms with Crippen molar-refractivity contribution < 1.29 is 49.0 Å². The van der Waals surface area contributed by atoms with E-state index in [0.29, 0.717) is 44.7 Å². The van der Waals surface area contributed by atoms with Crippen LogP contribution in [0.3, 0.4) is 0 Å². The number of nitrogens with zero attached hydrogens (tertiary/aromatic N) is 16. The van der Waals surface area contributed by atoms with Crippen molar-refractivity contribution in [1.29, 1.82) is 0 Å². The lowest BCUT2D eigenvalue weighted by molar-refractivity contribution is -0.0335. The van der Waals surface area contributed by atoms with Crippen LogP contribution in [0.5, 0.6) is 0 Å². The van der Waals surface area contributed by atoms with E-state index in [1.807, 2.05) is 0 Å². The maximum atomic E-state index is 13.0. The molecule has 6 aliphatic rings. The molecule has 6 aliphatic heterocycles. The SMILES string of the molecule is C.C.Nc1ncnc2c1ncn2[C@@H]1O[C@@H]2CNC(=O)N[C@H]3[C@@H](O)[C@H](n4cnc5c(N)ncnc54)O[C@@H]3CNC(=O)N[C@H]2[C@H]1O.Nc1ncnc2c1ncn2[C@@H]1O[C@@H]2CNC(=S)N[C@H]3[C@@H](O)[C@H](n4cnc5c(N)ncnc54)O[C@@H]3CNC(=S)N[C@H]2[C@H]1O. The van der Waals surface area contributed by atoms with Crippen molar-refractivity contribution in [2.75, 3.05) is 49.1 Å². The number of rotatable bonds is 4. The lowest BCUT2D eigenvalue weighted by atomic mass is 10.1. The number of anilines is 4. The molecule has 6 saturated heterocycles. The zero-order valence-electron chi connectivity index (χ0n) is 43.2. The van der Waals surface area contributed by atoms with Gasteiger partial charge in [-0.05, 0) is 24.4 Å². The van der Waals surface area contributed by atoms with Crippen LogP contribution >= 0.6 is 24.4 Å². The fourth-order valence-corrected chi connectivity index (χ4v) is 11.5. The van der Waals surface area contributed by atoms with Crippen molar-refractivity contribution in [2.24, 2.45) is 0 Å². The number of imidazole rings is 4. The molecule has 20 N–H and O–H groups in total.